The maximum atomic E-state index is 12.3. The Balaban J connectivity index is 2.18. The number of thiazole rings is 1. The van der Waals surface area contributed by atoms with Gasteiger partial charge in [0.05, 0.1) is 11.4 Å². The quantitative estimate of drug-likeness (QED) is 0.851. The Morgan fingerprint density at radius 2 is 2.00 bits per heavy atom. The molecule has 0 fully saturated rings. The number of hydrogen-bond donors (Lipinski definition) is 2. The molecule has 0 aliphatic rings. The molecule has 0 amide bonds. The van der Waals surface area contributed by atoms with E-state index in [1.807, 2.05) is 13.0 Å². The molecule has 0 saturated heterocycles. The van der Waals surface area contributed by atoms with Crippen molar-refractivity contribution in [1.82, 2.24) is 15.0 Å². The zero-order valence-corrected chi connectivity index (χ0v) is 13.0. The minimum Gasteiger partial charge on any atom is -0.316 e. The van der Waals surface area contributed by atoms with Crippen LogP contribution in [0.25, 0.3) is 0 Å². The molecule has 2 aromatic rings. The van der Waals surface area contributed by atoms with Crippen LogP contribution in [-0.2, 0) is 23.1 Å². The Bertz CT molecular complexity index is 680. The van der Waals surface area contributed by atoms with Crippen LogP contribution in [0.15, 0.2) is 35.4 Å². The van der Waals surface area contributed by atoms with Gasteiger partial charge in [-0.1, -0.05) is 18.2 Å². The molecule has 0 aliphatic heterocycles. The first-order chi connectivity index (χ1) is 9.53. The van der Waals surface area contributed by atoms with Gasteiger partial charge in [0.1, 0.15) is 5.01 Å². The molecule has 1 aromatic carbocycles. The molecule has 5 nitrogen and oxygen atoms in total. The number of benzene rings is 1. The SMILES string of the molecule is CNCc1ccccc1S(=O)(=O)NCc1ncc(C)s1. The van der Waals surface area contributed by atoms with E-state index in [1.54, 1.807) is 31.4 Å². The van der Waals surface area contributed by atoms with Gasteiger partial charge in [0.2, 0.25) is 10.0 Å². The van der Waals surface area contributed by atoms with Crippen LogP contribution in [0, 0.1) is 6.92 Å². The summed E-state index contributed by atoms with van der Waals surface area (Å²) in [7, 11) is -1.74. The van der Waals surface area contributed by atoms with Crippen LogP contribution >= 0.6 is 11.3 Å². The number of sulfonamides is 1. The van der Waals surface area contributed by atoms with Gasteiger partial charge < -0.3 is 5.32 Å². The van der Waals surface area contributed by atoms with Crippen molar-refractivity contribution in [2.75, 3.05) is 7.05 Å². The number of nitrogens with one attached hydrogen (secondary N) is 2. The third kappa shape index (κ3) is 3.63. The molecule has 7 heteroatoms. The van der Waals surface area contributed by atoms with Gasteiger partial charge in [-0.2, -0.15) is 0 Å². The Hall–Kier alpha value is -1.28. The molecule has 0 saturated carbocycles. The molecular weight excluding hydrogens is 294 g/mol. The summed E-state index contributed by atoms with van der Waals surface area (Å²) in [5.41, 5.74) is 0.748. The van der Waals surface area contributed by atoms with E-state index in [2.05, 4.69) is 15.0 Å². The van der Waals surface area contributed by atoms with Gasteiger partial charge in [0.15, 0.2) is 0 Å². The second kappa shape index (κ2) is 6.45. The highest BCUT2D eigenvalue weighted by Crippen LogP contribution is 2.16. The maximum Gasteiger partial charge on any atom is 0.241 e. The lowest BCUT2D eigenvalue weighted by Gasteiger charge is -2.10. The van der Waals surface area contributed by atoms with Gasteiger partial charge in [-0.25, -0.2) is 18.1 Å². The zero-order chi connectivity index (χ0) is 14.6. The van der Waals surface area contributed by atoms with Crippen molar-refractivity contribution in [3.8, 4) is 0 Å². The number of nitrogens with zero attached hydrogens (tertiary/aromatic N) is 1. The second-order valence-electron chi connectivity index (χ2n) is 4.33. The standard InChI is InChI=1S/C13H17N3O2S2/c1-10-7-15-13(19-10)9-16-20(17,18)12-6-4-3-5-11(12)8-14-2/h3-7,14,16H,8-9H2,1-2H3. The fraction of sp³-hybridized carbons (Fsp3) is 0.308. The van der Waals surface area contributed by atoms with E-state index in [4.69, 9.17) is 0 Å². The first kappa shape index (κ1) is 15.1. The largest absolute Gasteiger partial charge is 0.316 e. The molecule has 0 aliphatic carbocycles. The van der Waals surface area contributed by atoms with Gasteiger partial charge >= 0.3 is 0 Å². The summed E-state index contributed by atoms with van der Waals surface area (Å²) in [6.07, 6.45) is 1.74. The van der Waals surface area contributed by atoms with Gasteiger partial charge in [-0.15, -0.1) is 11.3 Å². The van der Waals surface area contributed by atoms with E-state index in [-0.39, 0.29) is 6.54 Å². The highest BCUT2D eigenvalue weighted by molar-refractivity contribution is 7.89. The monoisotopic (exact) mass is 311 g/mol. The first-order valence-electron chi connectivity index (χ1n) is 6.16. The second-order valence-corrected chi connectivity index (χ2v) is 7.38. The Kier molecular flexibility index (Phi) is 4.87. The van der Waals surface area contributed by atoms with E-state index >= 15 is 0 Å². The lowest BCUT2D eigenvalue weighted by Crippen LogP contribution is -2.25. The molecule has 0 radical (unpaired) electrons. The summed E-state index contributed by atoms with van der Waals surface area (Å²) in [5, 5.41) is 3.73. The molecule has 108 valence electrons. The third-order valence-corrected chi connectivity index (χ3v) is 5.13. The number of aromatic nitrogens is 1. The van der Waals surface area contributed by atoms with Crippen molar-refractivity contribution in [2.45, 2.75) is 24.9 Å². The van der Waals surface area contributed by atoms with Crippen LogP contribution < -0.4 is 10.0 Å². The van der Waals surface area contributed by atoms with E-state index in [1.165, 1.54) is 11.3 Å². The average Bonchev–Trinajstić information content (AvgIpc) is 2.83. The maximum absolute atomic E-state index is 12.3. The summed E-state index contributed by atoms with van der Waals surface area (Å²) < 4.78 is 27.3. The molecule has 0 spiro atoms. The molecule has 0 bridgehead atoms. The number of rotatable bonds is 6. The van der Waals surface area contributed by atoms with E-state index in [0.29, 0.717) is 11.4 Å². The van der Waals surface area contributed by atoms with E-state index < -0.39 is 10.0 Å². The molecule has 1 aromatic heterocycles. The third-order valence-electron chi connectivity index (χ3n) is 2.71. The van der Waals surface area contributed by atoms with Crippen molar-refractivity contribution in [1.29, 1.82) is 0 Å². The minimum atomic E-state index is -3.53. The van der Waals surface area contributed by atoms with Crippen molar-refractivity contribution in [3.63, 3.8) is 0 Å². The van der Waals surface area contributed by atoms with Gasteiger partial charge in [-0.3, -0.25) is 0 Å². The first-order valence-corrected chi connectivity index (χ1v) is 8.46. The summed E-state index contributed by atoms with van der Waals surface area (Å²) in [4.78, 5) is 5.52. The normalized spacial score (nSPS) is 11.7. The van der Waals surface area contributed by atoms with Crippen LogP contribution in [-0.4, -0.2) is 20.4 Å². The van der Waals surface area contributed by atoms with E-state index in [9.17, 15) is 8.42 Å². The summed E-state index contributed by atoms with van der Waals surface area (Å²) in [5.74, 6) is 0. The predicted octanol–water partition coefficient (Wildman–Crippen LogP) is 1.65. The van der Waals surface area contributed by atoms with Crippen molar-refractivity contribution < 1.29 is 8.42 Å². The Labute approximate surface area is 123 Å². The molecule has 1 heterocycles. The molecule has 2 N–H and O–H groups in total. The zero-order valence-electron chi connectivity index (χ0n) is 11.4. The van der Waals surface area contributed by atoms with Crippen LogP contribution in [0.1, 0.15) is 15.4 Å². The molecule has 20 heavy (non-hydrogen) atoms. The topological polar surface area (TPSA) is 71.1 Å². The fourth-order valence-electron chi connectivity index (χ4n) is 1.82. The van der Waals surface area contributed by atoms with Crippen LogP contribution in [0.5, 0.6) is 0 Å². The highest BCUT2D eigenvalue weighted by atomic mass is 32.2. The van der Waals surface area contributed by atoms with Gasteiger partial charge in [0, 0.05) is 17.6 Å². The smallest absolute Gasteiger partial charge is 0.241 e. The Morgan fingerprint density at radius 3 is 2.65 bits per heavy atom. The summed E-state index contributed by atoms with van der Waals surface area (Å²) in [6.45, 7) is 2.67. The van der Waals surface area contributed by atoms with E-state index in [0.717, 1.165) is 15.4 Å². The molecule has 0 atom stereocenters. The van der Waals surface area contributed by atoms with Crippen LogP contribution in [0.2, 0.25) is 0 Å². The van der Waals surface area contributed by atoms with Crippen LogP contribution in [0.4, 0.5) is 0 Å². The lowest BCUT2D eigenvalue weighted by molar-refractivity contribution is 0.579. The summed E-state index contributed by atoms with van der Waals surface area (Å²) >= 11 is 1.49. The number of aryl methyl sites for hydroxylation is 1. The van der Waals surface area contributed by atoms with Crippen molar-refractivity contribution >= 4 is 21.4 Å². The van der Waals surface area contributed by atoms with Gasteiger partial charge in [-0.05, 0) is 25.6 Å². The predicted molar refractivity (Wildman–Crippen MR) is 80.1 cm³/mol. The Morgan fingerprint density at radius 1 is 1.25 bits per heavy atom. The lowest BCUT2D eigenvalue weighted by atomic mass is 10.2. The fourth-order valence-corrected chi connectivity index (χ4v) is 3.86. The molecule has 0 unspecified atom stereocenters. The molecular formula is C13H17N3O2S2. The highest BCUT2D eigenvalue weighted by Gasteiger charge is 2.17. The molecule has 2 rings (SSSR count). The summed E-state index contributed by atoms with van der Waals surface area (Å²) in [6, 6.07) is 6.97. The van der Waals surface area contributed by atoms with Gasteiger partial charge in [0.25, 0.3) is 0 Å². The number of hydrogen-bond acceptors (Lipinski definition) is 5. The van der Waals surface area contributed by atoms with Crippen molar-refractivity contribution in [2.24, 2.45) is 0 Å². The minimum absolute atomic E-state index is 0.217. The van der Waals surface area contributed by atoms with Crippen LogP contribution in [0.3, 0.4) is 0 Å². The average molecular weight is 311 g/mol. The van der Waals surface area contributed by atoms with Crippen molar-refractivity contribution in [3.05, 3.63) is 45.9 Å².